The Balaban J connectivity index is 1.10. The number of aromatic nitrogens is 7. The number of carboxylic acids is 2. The maximum atomic E-state index is 14.3. The summed E-state index contributed by atoms with van der Waals surface area (Å²) in [6, 6.07) is 9.10. The Morgan fingerprint density at radius 1 is 0.706 bits per heavy atom. The molecular weight excluding hydrogens is 1220 g/mol. The molecule has 1 aliphatic rings. The van der Waals surface area contributed by atoms with Gasteiger partial charge in [-0.1, -0.05) is 44.2 Å². The number of nitrogens with one attached hydrogen (secondary N) is 6. The van der Waals surface area contributed by atoms with E-state index in [2.05, 4.69) is 46.9 Å². The molecule has 0 saturated heterocycles. The number of ether oxygens (including phenoxy) is 2. The molecule has 26 nitrogen and oxygen atoms in total. The predicted octanol–water partition coefficient (Wildman–Crippen LogP) is 7.04. The molecule has 8 heterocycles. The number of fused-ring (bicyclic) bond motifs is 14. The van der Waals surface area contributed by atoms with E-state index in [0.29, 0.717) is 63.0 Å². The lowest BCUT2D eigenvalue weighted by molar-refractivity contribution is -0.149. The standard InChI is InChI=1S/C53H51N13O13S6/c1-22(2)37-51-66-40(32(85-51)17-78-5)44(73)55-15-35(68)63-41(42(71)24-9-7-6-8-10-24)50-60-31(20-82-50)48-58-29(18-81-48)39-26(11-12-27(56-39)47-61-33(21-83-47)62-53(77)79-16-25(52(75)76)13-36(69)70)46-59-30(19-80-46)43(72)57-28(14-34(67)54-4)49-65-38(23(3)84-49)45(74)64-37/h6-12,18-22,25,28,37,41-42,71H,13-17H2,1-5H3,(H,54,67)(H,55,73)(H,57,72)(H,62,77)(H,63,68)(H,64,74)(H,69,70)(H,75,76)/t25-,28+,37?,41+,42+/m1/s1. The number of aliphatic hydroxyl groups is 1. The molecule has 85 heavy (non-hydrogen) atoms. The molecule has 9 rings (SSSR count). The first-order valence-corrected chi connectivity index (χ1v) is 30.7. The molecule has 1 unspecified atom stereocenters. The number of rotatable bonds is 14. The summed E-state index contributed by atoms with van der Waals surface area (Å²) in [5.41, 5.74) is 2.18. The molecule has 1 aromatic carbocycles. The van der Waals surface area contributed by atoms with E-state index in [4.69, 9.17) is 34.5 Å². The van der Waals surface area contributed by atoms with Gasteiger partial charge in [0.05, 0.1) is 48.6 Å². The van der Waals surface area contributed by atoms with Crippen molar-refractivity contribution in [1.82, 2.24) is 61.5 Å². The van der Waals surface area contributed by atoms with Crippen LogP contribution in [0.2, 0.25) is 0 Å². The van der Waals surface area contributed by atoms with Crippen molar-refractivity contribution in [3.05, 3.63) is 111 Å². The number of hydrogen-bond acceptors (Lipinski definition) is 24. The fourth-order valence-corrected chi connectivity index (χ4v) is 13.9. The number of carbonyl (C=O) groups excluding carboxylic acids is 6. The summed E-state index contributed by atoms with van der Waals surface area (Å²) in [5, 5.41) is 55.2. The Morgan fingerprint density at radius 3 is 2.14 bits per heavy atom. The molecule has 5 atom stereocenters. The summed E-state index contributed by atoms with van der Waals surface area (Å²) < 4.78 is 10.4. The minimum Gasteiger partial charge on any atom is -0.481 e. The summed E-state index contributed by atoms with van der Waals surface area (Å²) in [7, 11) is 2.90. The third kappa shape index (κ3) is 14.6. The molecule has 8 aromatic rings. The number of anilines is 1. The maximum Gasteiger partial charge on any atom is 0.412 e. The average Bonchev–Trinajstić information content (AvgIpc) is 3.50. The summed E-state index contributed by atoms with van der Waals surface area (Å²) >= 11 is 6.84. The van der Waals surface area contributed by atoms with Gasteiger partial charge in [-0.2, -0.15) is 0 Å². The molecule has 0 saturated carbocycles. The number of aryl methyl sites for hydroxylation is 1. The van der Waals surface area contributed by atoms with E-state index in [1.54, 1.807) is 60.1 Å². The van der Waals surface area contributed by atoms with Crippen LogP contribution in [0.4, 0.5) is 10.6 Å². The van der Waals surface area contributed by atoms with Crippen LogP contribution in [0.1, 0.15) is 113 Å². The van der Waals surface area contributed by atoms with Crippen LogP contribution in [0.25, 0.3) is 43.4 Å². The first kappa shape index (κ1) is 61.2. The molecule has 32 heteroatoms. The summed E-state index contributed by atoms with van der Waals surface area (Å²) in [4.78, 5) is 139. The summed E-state index contributed by atoms with van der Waals surface area (Å²) in [5.74, 6) is -7.60. The highest BCUT2D eigenvalue weighted by Gasteiger charge is 2.33. The molecule has 0 aliphatic carbocycles. The lowest BCUT2D eigenvalue weighted by Crippen LogP contribution is -2.40. The van der Waals surface area contributed by atoms with Crippen LogP contribution in [-0.2, 0) is 35.3 Å². The minimum atomic E-state index is -1.49. The number of methoxy groups -OCH3 is 1. The van der Waals surface area contributed by atoms with Crippen LogP contribution in [0.5, 0.6) is 0 Å². The third-order valence-corrected chi connectivity index (χ3v) is 18.4. The number of carboxylic acid groups (broad SMARTS) is 2. The van der Waals surface area contributed by atoms with Gasteiger partial charge in [0.1, 0.15) is 94.7 Å². The van der Waals surface area contributed by atoms with Gasteiger partial charge in [0.25, 0.3) is 17.7 Å². The minimum absolute atomic E-state index is 0.0161. The van der Waals surface area contributed by atoms with Gasteiger partial charge in [0.2, 0.25) is 11.8 Å². The lowest BCUT2D eigenvalue weighted by atomic mass is 10.0. The number of benzene rings is 1. The van der Waals surface area contributed by atoms with Crippen molar-refractivity contribution in [2.75, 3.05) is 32.6 Å². The fraction of sp³-hybridized carbons (Fsp3) is 0.302. The first-order valence-electron chi connectivity index (χ1n) is 25.6. The van der Waals surface area contributed by atoms with Crippen molar-refractivity contribution in [3.63, 3.8) is 0 Å². The predicted molar refractivity (Wildman–Crippen MR) is 315 cm³/mol. The monoisotopic (exact) mass is 1270 g/mol. The van der Waals surface area contributed by atoms with Crippen LogP contribution >= 0.6 is 68.0 Å². The van der Waals surface area contributed by atoms with E-state index in [0.717, 1.165) is 56.7 Å². The lowest BCUT2D eigenvalue weighted by Gasteiger charge is -2.23. The van der Waals surface area contributed by atoms with Gasteiger partial charge in [-0.3, -0.25) is 38.9 Å². The van der Waals surface area contributed by atoms with Gasteiger partial charge in [-0.25, -0.2) is 39.7 Å². The number of thiazole rings is 6. The van der Waals surface area contributed by atoms with Crippen molar-refractivity contribution >= 4 is 121 Å². The Hall–Kier alpha value is -8.37. The van der Waals surface area contributed by atoms with E-state index in [-0.39, 0.29) is 52.5 Å². The second-order valence-electron chi connectivity index (χ2n) is 19.0. The zero-order valence-corrected chi connectivity index (χ0v) is 50.3. The van der Waals surface area contributed by atoms with E-state index in [1.807, 2.05) is 13.8 Å². The van der Waals surface area contributed by atoms with Gasteiger partial charge < -0.3 is 51.4 Å². The molecule has 10 bridgehead atoms. The molecule has 6 amide bonds. The first-order chi connectivity index (χ1) is 40.8. The van der Waals surface area contributed by atoms with Crippen LogP contribution in [0, 0.1) is 18.8 Å². The topological polar surface area (TPSA) is 378 Å². The number of carbonyl (C=O) groups is 8. The summed E-state index contributed by atoms with van der Waals surface area (Å²) in [6.45, 7) is 4.15. The van der Waals surface area contributed by atoms with E-state index in [1.165, 1.54) is 36.3 Å². The number of aliphatic carboxylic acids is 2. The van der Waals surface area contributed by atoms with Crippen LogP contribution < -0.4 is 31.9 Å². The highest BCUT2D eigenvalue weighted by Crippen LogP contribution is 2.40. The quantitative estimate of drug-likeness (QED) is 0.0527. The Kier molecular flexibility index (Phi) is 19.5. The largest absolute Gasteiger partial charge is 0.481 e. The van der Waals surface area contributed by atoms with Gasteiger partial charge in [0.15, 0.2) is 0 Å². The van der Waals surface area contributed by atoms with Gasteiger partial charge in [0, 0.05) is 46.1 Å². The number of aliphatic hydroxyl groups excluding tert-OH is 1. The number of nitrogens with zero attached hydrogens (tertiary/aromatic N) is 7. The number of pyridine rings is 1. The van der Waals surface area contributed by atoms with Crippen LogP contribution in [-0.4, -0.2) is 125 Å². The van der Waals surface area contributed by atoms with Crippen molar-refractivity contribution in [3.8, 4) is 43.4 Å². The van der Waals surface area contributed by atoms with Crippen molar-refractivity contribution in [2.45, 2.75) is 64.4 Å². The van der Waals surface area contributed by atoms with Crippen LogP contribution in [0.15, 0.2) is 64.0 Å². The maximum absolute atomic E-state index is 14.3. The SMILES string of the molecule is CNC(=O)C[C@@H]1NC(=O)c2csc(n2)-c2ccc(-c3nc(NC(=O)OC[C@@H](CC(=O)O)C(=O)O)cs3)nc2-c2csc(n2)-c2csc(n2)[C@H]([C@@H](O)c2ccccc2)NC(=O)CNC(=O)c2nc(sc2COC)C(C(C)C)NC(=O)c2nc1sc2C. The molecule has 0 fully saturated rings. The summed E-state index contributed by atoms with van der Waals surface area (Å²) in [6.07, 6.45) is -3.40. The van der Waals surface area contributed by atoms with Crippen LogP contribution in [0.3, 0.4) is 0 Å². The molecule has 0 radical (unpaired) electrons. The number of hydrogen-bond donors (Lipinski definition) is 9. The van der Waals surface area contributed by atoms with Crippen molar-refractivity contribution < 1.29 is 63.1 Å². The molecule has 1 aliphatic heterocycles. The number of amides is 6. The average molecular weight is 1270 g/mol. The Bertz CT molecular complexity index is 3820. The molecule has 442 valence electrons. The molecule has 0 spiro atoms. The van der Waals surface area contributed by atoms with Gasteiger partial charge in [-0.05, 0) is 30.5 Å². The second kappa shape index (κ2) is 27.1. The van der Waals surface area contributed by atoms with Gasteiger partial charge in [-0.15, -0.1) is 68.0 Å². The van der Waals surface area contributed by atoms with E-state index < -0.39 is 97.3 Å². The third-order valence-electron chi connectivity index (χ3n) is 12.7. The fourth-order valence-electron chi connectivity index (χ4n) is 8.39. The molecule has 9 N–H and O–H groups in total. The second-order valence-corrected chi connectivity index (χ2v) is 24.8. The van der Waals surface area contributed by atoms with Crippen molar-refractivity contribution in [2.24, 2.45) is 11.8 Å². The highest BCUT2D eigenvalue weighted by atomic mass is 32.1. The zero-order chi connectivity index (χ0) is 60.6. The van der Waals surface area contributed by atoms with Gasteiger partial charge >= 0.3 is 18.0 Å². The smallest absolute Gasteiger partial charge is 0.412 e. The van der Waals surface area contributed by atoms with E-state index >= 15 is 0 Å². The highest BCUT2D eigenvalue weighted by molar-refractivity contribution is 7.15. The Morgan fingerprint density at radius 2 is 1.41 bits per heavy atom. The van der Waals surface area contributed by atoms with Crippen molar-refractivity contribution in [1.29, 1.82) is 0 Å². The molecular formula is C53H51N13O13S6. The van der Waals surface area contributed by atoms with E-state index in [9.17, 15) is 48.6 Å². The normalized spacial score (nSPS) is 16.5. The molecule has 7 aromatic heterocycles. The zero-order valence-electron chi connectivity index (χ0n) is 45.4. The Labute approximate surface area is 506 Å².